The third-order valence-electron chi connectivity index (χ3n) is 3.51. The summed E-state index contributed by atoms with van der Waals surface area (Å²) in [5.74, 6) is 1.26. The van der Waals surface area contributed by atoms with Gasteiger partial charge < -0.3 is 15.4 Å². The number of thiocarbonyl (C=S) groups is 1. The van der Waals surface area contributed by atoms with E-state index in [-0.39, 0.29) is 0 Å². The molecule has 150 valence electrons. The average molecular weight is 478 g/mol. The summed E-state index contributed by atoms with van der Waals surface area (Å²) >= 11 is 25.1. The zero-order valence-electron chi connectivity index (χ0n) is 15.1. The first kappa shape index (κ1) is 23.1. The summed E-state index contributed by atoms with van der Waals surface area (Å²) in [5, 5.41) is 8.09. The molecule has 2 N–H and O–H groups in total. The number of thioether (sulfide) groups is 1. The van der Waals surface area contributed by atoms with Crippen LogP contribution >= 0.6 is 58.8 Å². The molecule has 0 spiro atoms. The first-order chi connectivity index (χ1) is 13.4. The van der Waals surface area contributed by atoms with Gasteiger partial charge in [0.2, 0.25) is 0 Å². The monoisotopic (exact) mass is 476 g/mol. The van der Waals surface area contributed by atoms with Crippen LogP contribution in [-0.2, 0) is 10.5 Å². The van der Waals surface area contributed by atoms with E-state index in [4.69, 9.17) is 51.8 Å². The highest BCUT2D eigenvalue weighted by molar-refractivity contribution is 7.98. The molecule has 4 nitrogen and oxygen atoms in total. The molecule has 0 aromatic heterocycles. The third kappa shape index (κ3) is 7.33. The van der Waals surface area contributed by atoms with Crippen molar-refractivity contribution in [3.63, 3.8) is 0 Å². The fraction of sp³-hybridized carbons (Fsp3) is 0.263. The Kier molecular flexibility index (Phi) is 9.68. The summed E-state index contributed by atoms with van der Waals surface area (Å²) in [7, 11) is 0. The quantitative estimate of drug-likeness (QED) is 0.274. The zero-order chi connectivity index (χ0) is 20.5. The maximum atomic E-state index is 11.8. The van der Waals surface area contributed by atoms with Crippen LogP contribution in [-0.4, -0.2) is 30.0 Å². The third-order valence-corrected chi connectivity index (χ3v) is 5.84. The molecule has 0 aliphatic carbocycles. The van der Waals surface area contributed by atoms with E-state index in [9.17, 15) is 4.79 Å². The van der Waals surface area contributed by atoms with Crippen LogP contribution in [0.5, 0.6) is 0 Å². The molecule has 0 saturated heterocycles. The van der Waals surface area contributed by atoms with Crippen molar-refractivity contribution in [3.05, 3.63) is 62.6 Å². The van der Waals surface area contributed by atoms with Gasteiger partial charge in [-0.05, 0) is 55.0 Å². The zero-order valence-corrected chi connectivity index (χ0v) is 19.0. The minimum Gasteiger partial charge on any atom is -0.462 e. The maximum absolute atomic E-state index is 11.8. The summed E-state index contributed by atoms with van der Waals surface area (Å²) in [6.07, 6.45) is 0. The standard InChI is InChI=1S/C19H19Cl3N2O2S2/c1-2-26-18(25)14-5-4-13(10-16(14)21)24-19(27)23-7-8-28-11-12-3-6-15(20)17(22)9-12/h3-6,9-10H,2,7-8,11H2,1H3,(H2,23,24,27). The predicted molar refractivity (Wildman–Crippen MR) is 124 cm³/mol. The molecule has 0 amide bonds. The molecule has 0 atom stereocenters. The Morgan fingerprint density at radius 3 is 2.57 bits per heavy atom. The molecule has 0 unspecified atom stereocenters. The highest BCUT2D eigenvalue weighted by atomic mass is 35.5. The van der Waals surface area contributed by atoms with Crippen LogP contribution < -0.4 is 10.6 Å². The van der Waals surface area contributed by atoms with Crippen molar-refractivity contribution in [1.29, 1.82) is 0 Å². The number of benzene rings is 2. The normalized spacial score (nSPS) is 10.4. The highest BCUT2D eigenvalue weighted by Gasteiger charge is 2.12. The van der Waals surface area contributed by atoms with Crippen molar-refractivity contribution in [2.75, 3.05) is 24.2 Å². The van der Waals surface area contributed by atoms with Crippen molar-refractivity contribution in [1.82, 2.24) is 5.32 Å². The van der Waals surface area contributed by atoms with Crippen molar-refractivity contribution in [2.45, 2.75) is 12.7 Å². The Hall–Kier alpha value is -1.18. The van der Waals surface area contributed by atoms with Crippen LogP contribution in [0.2, 0.25) is 15.1 Å². The van der Waals surface area contributed by atoms with Crippen LogP contribution in [0, 0.1) is 0 Å². The summed E-state index contributed by atoms with van der Waals surface area (Å²) in [6.45, 7) is 2.74. The molecule has 0 saturated carbocycles. The van der Waals surface area contributed by atoms with Crippen LogP contribution in [0.3, 0.4) is 0 Å². The molecule has 0 fully saturated rings. The fourth-order valence-electron chi connectivity index (χ4n) is 2.20. The number of carbonyl (C=O) groups excluding carboxylic acids is 1. The molecule has 0 aliphatic heterocycles. The number of ether oxygens (including phenoxy) is 1. The van der Waals surface area contributed by atoms with E-state index >= 15 is 0 Å². The maximum Gasteiger partial charge on any atom is 0.339 e. The molecular formula is C19H19Cl3N2O2S2. The van der Waals surface area contributed by atoms with Gasteiger partial charge in [-0.3, -0.25) is 0 Å². The van der Waals surface area contributed by atoms with E-state index in [0.717, 1.165) is 17.1 Å². The molecule has 9 heteroatoms. The van der Waals surface area contributed by atoms with Gasteiger partial charge in [0.05, 0.1) is 27.2 Å². The van der Waals surface area contributed by atoms with Crippen LogP contribution in [0.25, 0.3) is 0 Å². The van der Waals surface area contributed by atoms with E-state index < -0.39 is 5.97 Å². The summed E-state index contributed by atoms with van der Waals surface area (Å²) in [4.78, 5) is 11.8. The van der Waals surface area contributed by atoms with Gasteiger partial charge in [0.1, 0.15) is 0 Å². The molecule has 0 radical (unpaired) electrons. The largest absolute Gasteiger partial charge is 0.462 e. The Bertz CT molecular complexity index is 850. The molecule has 2 rings (SSSR count). The van der Waals surface area contributed by atoms with E-state index in [1.54, 1.807) is 43.0 Å². The fourth-order valence-corrected chi connectivity index (χ4v) is 3.80. The smallest absolute Gasteiger partial charge is 0.339 e. The molecule has 2 aromatic rings. The lowest BCUT2D eigenvalue weighted by atomic mass is 10.2. The van der Waals surface area contributed by atoms with Gasteiger partial charge in [0, 0.05) is 23.7 Å². The van der Waals surface area contributed by atoms with Gasteiger partial charge in [-0.15, -0.1) is 0 Å². The first-order valence-corrected chi connectivity index (χ1v) is 11.1. The van der Waals surface area contributed by atoms with Gasteiger partial charge >= 0.3 is 5.97 Å². The second kappa shape index (κ2) is 11.7. The predicted octanol–water partition coefficient (Wildman–Crippen LogP) is 6.04. The number of rotatable bonds is 8. The van der Waals surface area contributed by atoms with Gasteiger partial charge in [-0.2, -0.15) is 11.8 Å². The van der Waals surface area contributed by atoms with Crippen molar-refractivity contribution < 1.29 is 9.53 Å². The molecular weight excluding hydrogens is 459 g/mol. The van der Waals surface area contributed by atoms with Crippen molar-refractivity contribution >= 4 is 75.6 Å². The number of carbonyl (C=O) groups is 1. The van der Waals surface area contributed by atoms with E-state index in [1.807, 2.05) is 12.1 Å². The number of esters is 1. The number of nitrogens with one attached hydrogen (secondary N) is 2. The number of hydrogen-bond donors (Lipinski definition) is 2. The molecule has 0 aliphatic rings. The average Bonchev–Trinajstić information content (AvgIpc) is 2.64. The van der Waals surface area contributed by atoms with E-state index in [1.165, 1.54) is 0 Å². The second-order valence-corrected chi connectivity index (χ2v) is 8.33. The lowest BCUT2D eigenvalue weighted by Gasteiger charge is -2.12. The van der Waals surface area contributed by atoms with Crippen LogP contribution in [0.4, 0.5) is 5.69 Å². The van der Waals surface area contributed by atoms with Crippen LogP contribution in [0.15, 0.2) is 36.4 Å². The minimum atomic E-state index is -0.446. The van der Waals surface area contributed by atoms with Crippen LogP contribution in [0.1, 0.15) is 22.8 Å². The minimum absolute atomic E-state index is 0.298. The number of halogens is 3. The Labute approximate surface area is 189 Å². The Balaban J connectivity index is 1.72. The second-order valence-electron chi connectivity index (χ2n) is 5.60. The SMILES string of the molecule is CCOC(=O)c1ccc(NC(=S)NCCSCc2ccc(Cl)c(Cl)c2)cc1Cl. The highest BCUT2D eigenvalue weighted by Crippen LogP contribution is 2.24. The van der Waals surface area contributed by atoms with E-state index in [2.05, 4.69) is 10.6 Å². The summed E-state index contributed by atoms with van der Waals surface area (Å²) in [5.41, 5.74) is 2.14. The number of anilines is 1. The van der Waals surface area contributed by atoms with Crippen molar-refractivity contribution in [2.24, 2.45) is 0 Å². The molecule has 0 bridgehead atoms. The molecule has 0 heterocycles. The van der Waals surface area contributed by atoms with Crippen molar-refractivity contribution in [3.8, 4) is 0 Å². The van der Waals surface area contributed by atoms with E-state index in [0.29, 0.717) is 44.6 Å². The number of hydrogen-bond acceptors (Lipinski definition) is 4. The lowest BCUT2D eigenvalue weighted by molar-refractivity contribution is 0.0526. The topological polar surface area (TPSA) is 50.4 Å². The Morgan fingerprint density at radius 2 is 1.89 bits per heavy atom. The lowest BCUT2D eigenvalue weighted by Crippen LogP contribution is -2.30. The molecule has 2 aromatic carbocycles. The first-order valence-electron chi connectivity index (χ1n) is 8.44. The molecule has 28 heavy (non-hydrogen) atoms. The van der Waals surface area contributed by atoms with Gasteiger partial charge in [-0.1, -0.05) is 40.9 Å². The van der Waals surface area contributed by atoms with Gasteiger partial charge in [-0.25, -0.2) is 4.79 Å². The summed E-state index contributed by atoms with van der Waals surface area (Å²) in [6, 6.07) is 10.6. The summed E-state index contributed by atoms with van der Waals surface area (Å²) < 4.78 is 4.95. The Morgan fingerprint density at radius 1 is 1.11 bits per heavy atom. The van der Waals surface area contributed by atoms with Gasteiger partial charge in [0.25, 0.3) is 0 Å². The van der Waals surface area contributed by atoms with Gasteiger partial charge in [0.15, 0.2) is 5.11 Å².